The van der Waals surface area contributed by atoms with Gasteiger partial charge in [-0.15, -0.1) is 0 Å². The first kappa shape index (κ1) is 29.4. The lowest BCUT2D eigenvalue weighted by Crippen LogP contribution is -2.39. The van der Waals surface area contributed by atoms with Gasteiger partial charge in [-0.05, 0) is 67.6 Å². The summed E-state index contributed by atoms with van der Waals surface area (Å²) in [4.78, 5) is 17.3. The first-order chi connectivity index (χ1) is 22.0. The minimum atomic E-state index is -3.51. The van der Waals surface area contributed by atoms with E-state index in [4.69, 9.17) is 9.97 Å². The number of fused-ring (bicyclic) bond motifs is 1. The summed E-state index contributed by atoms with van der Waals surface area (Å²) in [6.45, 7) is 4.10. The Bertz CT molecular complexity index is 1830. The Morgan fingerprint density at radius 1 is 0.778 bits per heavy atom. The first-order valence-electron chi connectivity index (χ1n) is 15.7. The summed E-state index contributed by atoms with van der Waals surface area (Å²) in [6.07, 6.45) is 6.62. The highest BCUT2D eigenvalue weighted by Crippen LogP contribution is 2.29. The number of anilines is 3. The van der Waals surface area contributed by atoms with Gasteiger partial charge in [0.05, 0.1) is 4.90 Å². The zero-order valence-electron chi connectivity index (χ0n) is 25.2. The van der Waals surface area contributed by atoms with Gasteiger partial charge < -0.3 is 10.6 Å². The molecule has 0 amide bonds. The summed E-state index contributed by atoms with van der Waals surface area (Å²) in [5.41, 5.74) is 4.33. The Morgan fingerprint density at radius 3 is 2.18 bits per heavy atom. The SMILES string of the molecule is O=S(=O)(c1ccc(Nc2nc(NC3CCN(Cc4ccccc4)CC3)nc3c2ncn3-c2ccccc2)cc1)N1CCCCC1. The van der Waals surface area contributed by atoms with Gasteiger partial charge in [0.2, 0.25) is 16.0 Å². The van der Waals surface area contributed by atoms with Crippen LogP contribution in [0.25, 0.3) is 16.9 Å². The third-order valence-electron chi connectivity index (χ3n) is 8.67. The number of para-hydroxylation sites is 1. The summed E-state index contributed by atoms with van der Waals surface area (Å²) in [5.74, 6) is 1.10. The summed E-state index contributed by atoms with van der Waals surface area (Å²) in [6, 6.07) is 27.7. The fourth-order valence-electron chi connectivity index (χ4n) is 6.19. The summed E-state index contributed by atoms with van der Waals surface area (Å²) < 4.78 is 29.9. The normalized spacial score (nSPS) is 17.0. The van der Waals surface area contributed by atoms with Gasteiger partial charge in [-0.25, -0.2) is 13.4 Å². The van der Waals surface area contributed by atoms with Gasteiger partial charge >= 0.3 is 0 Å². The highest BCUT2D eigenvalue weighted by Gasteiger charge is 2.26. The molecule has 2 fully saturated rings. The van der Waals surface area contributed by atoms with E-state index in [1.807, 2.05) is 34.9 Å². The van der Waals surface area contributed by atoms with E-state index in [-0.39, 0.29) is 6.04 Å². The Kier molecular flexibility index (Phi) is 8.47. The molecule has 7 rings (SSSR count). The number of nitrogens with one attached hydrogen (secondary N) is 2. The highest BCUT2D eigenvalue weighted by molar-refractivity contribution is 7.89. The van der Waals surface area contributed by atoms with E-state index in [2.05, 4.69) is 50.8 Å². The van der Waals surface area contributed by atoms with Gasteiger partial charge in [0, 0.05) is 50.1 Å². The van der Waals surface area contributed by atoms with Crippen molar-refractivity contribution in [3.8, 4) is 5.69 Å². The molecule has 0 radical (unpaired) electrons. The zero-order valence-corrected chi connectivity index (χ0v) is 26.0. The minimum absolute atomic E-state index is 0.245. The number of rotatable bonds is 9. The molecule has 5 aromatic rings. The van der Waals surface area contributed by atoms with Crippen molar-refractivity contribution < 1.29 is 8.42 Å². The van der Waals surface area contributed by atoms with Crippen LogP contribution in [0, 0.1) is 0 Å². The van der Waals surface area contributed by atoms with Crippen LogP contribution in [0.5, 0.6) is 0 Å². The van der Waals surface area contributed by atoms with E-state index in [0.29, 0.717) is 40.9 Å². The quantitative estimate of drug-likeness (QED) is 0.212. The van der Waals surface area contributed by atoms with Gasteiger partial charge in [-0.3, -0.25) is 9.47 Å². The second-order valence-corrected chi connectivity index (χ2v) is 13.8. The molecule has 232 valence electrons. The van der Waals surface area contributed by atoms with Crippen molar-refractivity contribution in [1.82, 2.24) is 28.7 Å². The molecule has 45 heavy (non-hydrogen) atoms. The lowest BCUT2D eigenvalue weighted by Gasteiger charge is -2.32. The lowest BCUT2D eigenvalue weighted by atomic mass is 10.0. The van der Waals surface area contributed by atoms with Crippen molar-refractivity contribution in [2.45, 2.75) is 49.6 Å². The lowest BCUT2D eigenvalue weighted by molar-refractivity contribution is 0.211. The molecular weight excluding hydrogens is 584 g/mol. The smallest absolute Gasteiger partial charge is 0.243 e. The van der Waals surface area contributed by atoms with Crippen LogP contribution in [0.15, 0.2) is 96.2 Å². The number of benzene rings is 3. The van der Waals surface area contributed by atoms with Crippen molar-refractivity contribution in [2.75, 3.05) is 36.8 Å². The predicted molar refractivity (Wildman–Crippen MR) is 177 cm³/mol. The van der Waals surface area contributed by atoms with Crippen molar-refractivity contribution in [3.63, 3.8) is 0 Å². The third-order valence-corrected chi connectivity index (χ3v) is 10.6. The van der Waals surface area contributed by atoms with Crippen LogP contribution in [-0.2, 0) is 16.6 Å². The largest absolute Gasteiger partial charge is 0.351 e. The van der Waals surface area contributed by atoms with Crippen molar-refractivity contribution in [2.24, 2.45) is 0 Å². The van der Waals surface area contributed by atoms with Crippen LogP contribution in [-0.4, -0.2) is 69.4 Å². The number of sulfonamides is 1. The van der Waals surface area contributed by atoms with E-state index in [9.17, 15) is 8.42 Å². The van der Waals surface area contributed by atoms with Crippen LogP contribution in [0.1, 0.15) is 37.7 Å². The van der Waals surface area contributed by atoms with E-state index in [0.717, 1.165) is 63.1 Å². The van der Waals surface area contributed by atoms with Crippen LogP contribution in [0.3, 0.4) is 0 Å². The van der Waals surface area contributed by atoms with Gasteiger partial charge in [0.1, 0.15) is 6.33 Å². The molecule has 0 atom stereocenters. The molecule has 0 spiro atoms. The van der Waals surface area contributed by atoms with E-state index >= 15 is 0 Å². The molecule has 4 heterocycles. The Morgan fingerprint density at radius 2 is 1.47 bits per heavy atom. The van der Waals surface area contributed by atoms with Crippen LogP contribution >= 0.6 is 0 Å². The molecule has 0 saturated carbocycles. The van der Waals surface area contributed by atoms with Crippen molar-refractivity contribution >= 4 is 38.6 Å². The zero-order chi connectivity index (χ0) is 30.6. The average molecular weight is 623 g/mol. The molecule has 2 aliphatic heterocycles. The summed E-state index contributed by atoms with van der Waals surface area (Å²) in [5, 5.41) is 7.00. The monoisotopic (exact) mass is 622 g/mol. The van der Waals surface area contributed by atoms with Gasteiger partial charge in [0.25, 0.3) is 0 Å². The molecule has 0 bridgehead atoms. The van der Waals surface area contributed by atoms with Gasteiger partial charge in [0.15, 0.2) is 17.0 Å². The molecular formula is C34H38N8O2S. The molecule has 3 aromatic carbocycles. The molecule has 0 aliphatic carbocycles. The Labute approximate surface area is 264 Å². The number of nitrogens with zero attached hydrogens (tertiary/aromatic N) is 6. The second-order valence-electron chi connectivity index (χ2n) is 11.8. The molecule has 10 nitrogen and oxygen atoms in total. The molecule has 2 saturated heterocycles. The fraction of sp³-hybridized carbons (Fsp3) is 0.324. The maximum absolute atomic E-state index is 13.2. The second kappa shape index (κ2) is 13.0. The highest BCUT2D eigenvalue weighted by atomic mass is 32.2. The fourth-order valence-corrected chi connectivity index (χ4v) is 7.71. The molecule has 0 unspecified atom stereocenters. The van der Waals surface area contributed by atoms with Crippen LogP contribution < -0.4 is 10.6 Å². The summed E-state index contributed by atoms with van der Waals surface area (Å²) >= 11 is 0. The summed E-state index contributed by atoms with van der Waals surface area (Å²) in [7, 11) is -3.51. The van der Waals surface area contributed by atoms with Crippen molar-refractivity contribution in [3.05, 3.63) is 96.8 Å². The number of hydrogen-bond donors (Lipinski definition) is 2. The van der Waals surface area contributed by atoms with E-state index < -0.39 is 10.0 Å². The molecule has 11 heteroatoms. The molecule has 2 aliphatic rings. The van der Waals surface area contributed by atoms with E-state index in [1.54, 1.807) is 34.9 Å². The Hall–Kier alpha value is -4.32. The van der Waals surface area contributed by atoms with Crippen molar-refractivity contribution in [1.29, 1.82) is 0 Å². The average Bonchev–Trinajstić information content (AvgIpc) is 3.52. The maximum Gasteiger partial charge on any atom is 0.243 e. The number of imidazole rings is 1. The van der Waals surface area contributed by atoms with Gasteiger partial charge in [-0.2, -0.15) is 14.3 Å². The number of piperidine rings is 2. The van der Waals surface area contributed by atoms with E-state index in [1.165, 1.54) is 5.56 Å². The third kappa shape index (κ3) is 6.56. The molecule has 2 aromatic heterocycles. The number of hydrogen-bond acceptors (Lipinski definition) is 8. The number of likely N-dealkylation sites (tertiary alicyclic amines) is 1. The number of aromatic nitrogens is 4. The van der Waals surface area contributed by atoms with Gasteiger partial charge in [-0.1, -0.05) is 55.0 Å². The topological polar surface area (TPSA) is 108 Å². The molecule has 2 N–H and O–H groups in total. The standard InChI is InChI=1S/C34H38N8O2S/c43-45(44,41-20-8-3-9-21-41)30-16-14-27(15-17-30)36-32-31-33(42(25-35-31)29-12-6-2-7-13-29)39-34(38-32)37-28-18-22-40(23-19-28)24-26-10-4-1-5-11-26/h1-2,4-7,10-17,25,28H,3,8-9,18-24H2,(H2,36,37,38,39). The Balaban J connectivity index is 1.13. The maximum atomic E-state index is 13.2. The predicted octanol–water partition coefficient (Wildman–Crippen LogP) is 5.81. The first-order valence-corrected chi connectivity index (χ1v) is 17.2. The van der Waals surface area contributed by atoms with Crippen LogP contribution in [0.2, 0.25) is 0 Å². The minimum Gasteiger partial charge on any atom is -0.351 e. The van der Waals surface area contributed by atoms with Crippen LogP contribution in [0.4, 0.5) is 17.5 Å².